The summed E-state index contributed by atoms with van der Waals surface area (Å²) in [5.74, 6) is 2.03. The van der Waals surface area contributed by atoms with Crippen molar-refractivity contribution in [3.05, 3.63) is 36.0 Å². The standard InChI is InChI=1S/C17H21N5O3/c1-22(2)13-9-16(21-20-10-13)18-5-6-19-17(23)8-12-3-4-14-15(7-12)25-11-24-14/h3-4,7,9-10H,5-6,8,11H2,1-2H3,(H,18,21)(H,19,23). The van der Waals surface area contributed by atoms with E-state index in [1.807, 2.05) is 43.3 Å². The molecule has 1 aliphatic heterocycles. The Morgan fingerprint density at radius 2 is 2.04 bits per heavy atom. The molecular weight excluding hydrogens is 322 g/mol. The minimum atomic E-state index is -0.0474. The maximum Gasteiger partial charge on any atom is 0.231 e. The zero-order valence-corrected chi connectivity index (χ0v) is 14.3. The molecule has 0 saturated carbocycles. The average Bonchev–Trinajstić information content (AvgIpc) is 3.07. The van der Waals surface area contributed by atoms with Crippen LogP contribution in [-0.2, 0) is 11.2 Å². The Morgan fingerprint density at radius 3 is 2.88 bits per heavy atom. The summed E-state index contributed by atoms with van der Waals surface area (Å²) in [5, 5.41) is 14.0. The van der Waals surface area contributed by atoms with Crippen molar-refractivity contribution in [2.75, 3.05) is 44.2 Å². The zero-order chi connectivity index (χ0) is 17.6. The van der Waals surface area contributed by atoms with Gasteiger partial charge in [0.1, 0.15) is 0 Å². The third-order valence-electron chi connectivity index (χ3n) is 3.71. The van der Waals surface area contributed by atoms with Gasteiger partial charge in [-0.25, -0.2) is 0 Å². The van der Waals surface area contributed by atoms with E-state index < -0.39 is 0 Å². The van der Waals surface area contributed by atoms with Gasteiger partial charge in [0.2, 0.25) is 12.7 Å². The van der Waals surface area contributed by atoms with E-state index in [0.29, 0.717) is 31.1 Å². The van der Waals surface area contributed by atoms with Gasteiger partial charge in [-0.05, 0) is 17.7 Å². The lowest BCUT2D eigenvalue weighted by Gasteiger charge is -2.13. The first-order valence-electron chi connectivity index (χ1n) is 8.01. The number of rotatable bonds is 7. The van der Waals surface area contributed by atoms with Gasteiger partial charge in [-0.2, -0.15) is 5.10 Å². The number of hydrogen-bond acceptors (Lipinski definition) is 7. The van der Waals surface area contributed by atoms with Crippen LogP contribution in [-0.4, -0.2) is 50.1 Å². The Hall–Kier alpha value is -3.03. The number of amides is 1. The fourth-order valence-corrected chi connectivity index (χ4v) is 2.38. The number of hydrogen-bond donors (Lipinski definition) is 2. The van der Waals surface area contributed by atoms with Crippen LogP contribution in [0.4, 0.5) is 11.5 Å². The topological polar surface area (TPSA) is 88.6 Å². The van der Waals surface area contributed by atoms with Gasteiger partial charge in [0, 0.05) is 33.3 Å². The highest BCUT2D eigenvalue weighted by molar-refractivity contribution is 5.78. The first-order valence-corrected chi connectivity index (χ1v) is 8.01. The zero-order valence-electron chi connectivity index (χ0n) is 14.3. The van der Waals surface area contributed by atoms with Gasteiger partial charge in [-0.15, -0.1) is 5.10 Å². The van der Waals surface area contributed by atoms with Gasteiger partial charge < -0.3 is 25.0 Å². The van der Waals surface area contributed by atoms with Crippen molar-refractivity contribution in [2.24, 2.45) is 0 Å². The van der Waals surface area contributed by atoms with Crippen LogP contribution in [0.3, 0.4) is 0 Å². The van der Waals surface area contributed by atoms with Crippen LogP contribution in [0.25, 0.3) is 0 Å². The lowest BCUT2D eigenvalue weighted by atomic mass is 10.1. The summed E-state index contributed by atoms with van der Waals surface area (Å²) in [6, 6.07) is 7.43. The van der Waals surface area contributed by atoms with Gasteiger partial charge in [0.05, 0.1) is 18.3 Å². The highest BCUT2D eigenvalue weighted by Crippen LogP contribution is 2.32. The average molecular weight is 343 g/mol. The van der Waals surface area contributed by atoms with E-state index in [1.54, 1.807) is 6.20 Å². The molecule has 2 N–H and O–H groups in total. The second-order valence-electron chi connectivity index (χ2n) is 5.83. The van der Waals surface area contributed by atoms with E-state index in [2.05, 4.69) is 20.8 Å². The molecule has 1 aliphatic rings. The Balaban J connectivity index is 1.41. The van der Waals surface area contributed by atoms with Crippen LogP contribution in [0, 0.1) is 0 Å². The molecule has 1 aromatic carbocycles. The molecule has 1 amide bonds. The normalized spacial score (nSPS) is 11.9. The van der Waals surface area contributed by atoms with Crippen LogP contribution in [0.5, 0.6) is 11.5 Å². The van der Waals surface area contributed by atoms with Crippen molar-refractivity contribution >= 4 is 17.4 Å². The summed E-state index contributed by atoms with van der Waals surface area (Å²) in [6.07, 6.45) is 1.99. The van der Waals surface area contributed by atoms with Gasteiger partial charge in [0.25, 0.3) is 0 Å². The van der Waals surface area contributed by atoms with E-state index in [4.69, 9.17) is 9.47 Å². The number of carbonyl (C=O) groups excluding carboxylic acids is 1. The summed E-state index contributed by atoms with van der Waals surface area (Å²) >= 11 is 0. The van der Waals surface area contributed by atoms with Crippen LogP contribution in [0.15, 0.2) is 30.5 Å². The summed E-state index contributed by atoms with van der Waals surface area (Å²) in [7, 11) is 3.88. The molecule has 8 nitrogen and oxygen atoms in total. The van der Waals surface area contributed by atoms with Crippen molar-refractivity contribution < 1.29 is 14.3 Å². The molecule has 0 spiro atoms. The molecule has 0 atom stereocenters. The smallest absolute Gasteiger partial charge is 0.231 e. The lowest BCUT2D eigenvalue weighted by Crippen LogP contribution is -2.30. The van der Waals surface area contributed by atoms with Crippen molar-refractivity contribution in [3.8, 4) is 11.5 Å². The summed E-state index contributed by atoms with van der Waals surface area (Å²) in [5.41, 5.74) is 1.85. The monoisotopic (exact) mass is 343 g/mol. The number of fused-ring (bicyclic) bond motifs is 1. The number of aromatic nitrogens is 2. The molecule has 0 saturated heterocycles. The van der Waals surface area contributed by atoms with Crippen LogP contribution in [0.1, 0.15) is 5.56 Å². The molecular formula is C17H21N5O3. The number of nitrogens with zero attached hydrogens (tertiary/aromatic N) is 3. The Morgan fingerprint density at radius 1 is 1.20 bits per heavy atom. The van der Waals surface area contributed by atoms with Crippen molar-refractivity contribution in [3.63, 3.8) is 0 Å². The fraction of sp³-hybridized carbons (Fsp3) is 0.353. The molecule has 132 valence electrons. The second-order valence-corrected chi connectivity index (χ2v) is 5.83. The van der Waals surface area contributed by atoms with Crippen LogP contribution in [0.2, 0.25) is 0 Å². The summed E-state index contributed by atoms with van der Waals surface area (Å²) in [4.78, 5) is 14.0. The Kier molecular flexibility index (Phi) is 5.17. The first-order chi connectivity index (χ1) is 12.1. The predicted molar refractivity (Wildman–Crippen MR) is 94.1 cm³/mol. The molecule has 8 heteroatoms. The van der Waals surface area contributed by atoms with E-state index in [9.17, 15) is 4.79 Å². The highest BCUT2D eigenvalue weighted by Gasteiger charge is 2.14. The molecule has 1 aromatic heterocycles. The number of ether oxygens (including phenoxy) is 2. The summed E-state index contributed by atoms with van der Waals surface area (Å²) in [6.45, 7) is 1.30. The maximum atomic E-state index is 12.0. The SMILES string of the molecule is CN(C)c1cnnc(NCCNC(=O)Cc2ccc3c(c2)OCO3)c1. The highest BCUT2D eigenvalue weighted by atomic mass is 16.7. The molecule has 0 bridgehead atoms. The van der Waals surface area contributed by atoms with Crippen LogP contribution < -0.4 is 25.0 Å². The van der Waals surface area contributed by atoms with Crippen LogP contribution >= 0.6 is 0 Å². The Labute approximate surface area is 146 Å². The molecule has 2 heterocycles. The minimum absolute atomic E-state index is 0.0474. The van der Waals surface area contributed by atoms with E-state index in [0.717, 1.165) is 17.0 Å². The molecule has 0 radical (unpaired) electrons. The number of anilines is 2. The molecule has 0 fully saturated rings. The van der Waals surface area contributed by atoms with Gasteiger partial charge in [-0.1, -0.05) is 6.07 Å². The Bertz CT molecular complexity index is 751. The van der Waals surface area contributed by atoms with Crippen molar-refractivity contribution in [1.82, 2.24) is 15.5 Å². The van der Waals surface area contributed by atoms with Crippen molar-refractivity contribution in [1.29, 1.82) is 0 Å². The largest absolute Gasteiger partial charge is 0.454 e. The van der Waals surface area contributed by atoms with Gasteiger partial charge >= 0.3 is 0 Å². The lowest BCUT2D eigenvalue weighted by molar-refractivity contribution is -0.120. The molecule has 0 unspecified atom stereocenters. The molecule has 25 heavy (non-hydrogen) atoms. The molecule has 3 rings (SSSR count). The molecule has 2 aromatic rings. The summed E-state index contributed by atoms with van der Waals surface area (Å²) < 4.78 is 10.6. The number of carbonyl (C=O) groups is 1. The number of benzene rings is 1. The molecule has 0 aliphatic carbocycles. The maximum absolute atomic E-state index is 12.0. The minimum Gasteiger partial charge on any atom is -0.454 e. The third kappa shape index (κ3) is 4.50. The van der Waals surface area contributed by atoms with Gasteiger partial charge in [-0.3, -0.25) is 4.79 Å². The first kappa shape index (κ1) is 16.8. The second kappa shape index (κ2) is 7.69. The predicted octanol–water partition coefficient (Wildman–Crippen LogP) is 1.04. The fourth-order valence-electron chi connectivity index (χ4n) is 2.38. The number of nitrogens with one attached hydrogen (secondary N) is 2. The van der Waals surface area contributed by atoms with E-state index in [-0.39, 0.29) is 12.7 Å². The van der Waals surface area contributed by atoms with Gasteiger partial charge in [0.15, 0.2) is 17.3 Å². The van der Waals surface area contributed by atoms with E-state index >= 15 is 0 Å². The quantitative estimate of drug-likeness (QED) is 0.726. The third-order valence-corrected chi connectivity index (χ3v) is 3.71. The van der Waals surface area contributed by atoms with E-state index in [1.165, 1.54) is 0 Å². The van der Waals surface area contributed by atoms with Crippen molar-refractivity contribution in [2.45, 2.75) is 6.42 Å².